The molecule has 0 radical (unpaired) electrons. The molecule has 2 aliphatic rings. The Balaban J connectivity index is 1.30. The van der Waals surface area contributed by atoms with Crippen LogP contribution in [-0.4, -0.2) is 15.0 Å². The van der Waals surface area contributed by atoms with Crippen LogP contribution in [0.1, 0.15) is 49.9 Å². The minimum atomic E-state index is -0.0966. The molecule has 0 amide bonds. The molecule has 0 saturated carbocycles. The lowest BCUT2D eigenvalue weighted by Crippen LogP contribution is -2.15. The molecule has 5 aromatic carbocycles. The quantitative estimate of drug-likeness (QED) is 0.224. The second kappa shape index (κ2) is 8.80. The van der Waals surface area contributed by atoms with Crippen LogP contribution >= 0.6 is 0 Å². The SMILES string of the molecule is CC1(C)c2ccccc2-c2ccc(-c3nc(-c4ccccc4)nc(-c4ccc5c(c4)C(C)(C)c4ccccc4-5)n3)cc21. The maximum atomic E-state index is 5.12. The van der Waals surface area contributed by atoms with Crippen molar-refractivity contribution in [3.63, 3.8) is 0 Å². The Morgan fingerprint density at radius 3 is 1.21 bits per heavy atom. The van der Waals surface area contributed by atoms with Gasteiger partial charge in [0.25, 0.3) is 0 Å². The highest BCUT2D eigenvalue weighted by atomic mass is 15.0. The van der Waals surface area contributed by atoms with Gasteiger partial charge in [-0.15, -0.1) is 0 Å². The molecule has 0 atom stereocenters. The molecule has 0 saturated heterocycles. The molecular weight excluding hydrogens is 510 g/mol. The molecule has 0 spiro atoms. The monoisotopic (exact) mass is 541 g/mol. The van der Waals surface area contributed by atoms with Gasteiger partial charge in [0.05, 0.1) is 0 Å². The van der Waals surface area contributed by atoms with E-state index in [-0.39, 0.29) is 10.8 Å². The van der Waals surface area contributed by atoms with Gasteiger partial charge in [-0.1, -0.05) is 131 Å². The van der Waals surface area contributed by atoms with Gasteiger partial charge in [-0.2, -0.15) is 0 Å². The summed E-state index contributed by atoms with van der Waals surface area (Å²) in [6.45, 7) is 9.22. The largest absolute Gasteiger partial charge is 0.208 e. The third kappa shape index (κ3) is 3.56. The van der Waals surface area contributed by atoms with E-state index in [4.69, 9.17) is 15.0 Å². The number of hydrogen-bond acceptors (Lipinski definition) is 3. The summed E-state index contributed by atoms with van der Waals surface area (Å²) in [6.07, 6.45) is 0. The Kier molecular flexibility index (Phi) is 5.21. The van der Waals surface area contributed by atoms with E-state index in [9.17, 15) is 0 Å². The number of aromatic nitrogens is 3. The van der Waals surface area contributed by atoms with Crippen molar-refractivity contribution in [2.75, 3.05) is 0 Å². The van der Waals surface area contributed by atoms with Gasteiger partial charge in [-0.3, -0.25) is 0 Å². The van der Waals surface area contributed by atoms with Crippen LogP contribution in [0.3, 0.4) is 0 Å². The Bertz CT molecular complexity index is 1910. The molecule has 3 heteroatoms. The van der Waals surface area contributed by atoms with E-state index in [0.717, 1.165) is 16.7 Å². The third-order valence-electron chi connectivity index (χ3n) is 9.35. The van der Waals surface area contributed by atoms with Crippen LogP contribution in [0.5, 0.6) is 0 Å². The van der Waals surface area contributed by atoms with Crippen LogP contribution in [0.15, 0.2) is 115 Å². The van der Waals surface area contributed by atoms with Gasteiger partial charge in [0.2, 0.25) is 0 Å². The average Bonchev–Trinajstić information content (AvgIpc) is 3.40. The van der Waals surface area contributed by atoms with Gasteiger partial charge in [-0.25, -0.2) is 15.0 Å². The molecule has 0 fully saturated rings. The molecule has 202 valence electrons. The van der Waals surface area contributed by atoms with Crippen molar-refractivity contribution in [1.82, 2.24) is 15.0 Å². The number of fused-ring (bicyclic) bond motifs is 6. The van der Waals surface area contributed by atoms with Crippen LogP contribution in [0, 0.1) is 0 Å². The molecule has 1 aromatic heterocycles. The molecular formula is C39H31N3. The minimum Gasteiger partial charge on any atom is -0.208 e. The van der Waals surface area contributed by atoms with Gasteiger partial charge in [0.1, 0.15) is 0 Å². The Hall–Kier alpha value is -4.89. The lowest BCUT2D eigenvalue weighted by Gasteiger charge is -2.22. The van der Waals surface area contributed by atoms with E-state index >= 15 is 0 Å². The smallest absolute Gasteiger partial charge is 0.164 e. The van der Waals surface area contributed by atoms with Crippen LogP contribution in [0.25, 0.3) is 56.4 Å². The summed E-state index contributed by atoms with van der Waals surface area (Å²) < 4.78 is 0. The van der Waals surface area contributed by atoms with Crippen molar-refractivity contribution in [2.45, 2.75) is 38.5 Å². The Labute approximate surface area is 247 Å². The summed E-state index contributed by atoms with van der Waals surface area (Å²) in [5.74, 6) is 2.06. The summed E-state index contributed by atoms with van der Waals surface area (Å²) in [5, 5.41) is 0. The summed E-state index contributed by atoms with van der Waals surface area (Å²) in [4.78, 5) is 15.2. The van der Waals surface area contributed by atoms with Crippen molar-refractivity contribution in [3.05, 3.63) is 138 Å². The molecule has 0 N–H and O–H groups in total. The van der Waals surface area contributed by atoms with E-state index < -0.39 is 0 Å². The van der Waals surface area contributed by atoms with Crippen LogP contribution in [0.2, 0.25) is 0 Å². The van der Waals surface area contributed by atoms with Gasteiger partial charge in [0.15, 0.2) is 17.5 Å². The summed E-state index contributed by atoms with van der Waals surface area (Å²) >= 11 is 0. The molecule has 0 aliphatic heterocycles. The highest BCUT2D eigenvalue weighted by Crippen LogP contribution is 2.50. The second-order valence-electron chi connectivity index (χ2n) is 12.5. The zero-order chi connectivity index (χ0) is 28.6. The molecule has 1 heterocycles. The topological polar surface area (TPSA) is 38.7 Å². The fraction of sp³-hybridized carbons (Fsp3) is 0.154. The maximum Gasteiger partial charge on any atom is 0.164 e. The van der Waals surface area contributed by atoms with Gasteiger partial charge in [0, 0.05) is 27.5 Å². The second-order valence-corrected chi connectivity index (χ2v) is 12.5. The standard InChI is InChI=1S/C39H31N3/c1-38(2)31-16-10-8-14-27(31)29-20-18-25(22-33(29)38)36-40-35(24-12-6-5-7-13-24)41-37(42-36)26-19-21-30-28-15-9-11-17-32(28)39(3,4)34(30)23-26/h5-23H,1-4H3. The zero-order valence-electron chi connectivity index (χ0n) is 24.3. The predicted octanol–water partition coefficient (Wildman–Crippen LogP) is 9.49. The Morgan fingerprint density at radius 1 is 0.357 bits per heavy atom. The van der Waals surface area contributed by atoms with Crippen LogP contribution in [0.4, 0.5) is 0 Å². The van der Waals surface area contributed by atoms with E-state index in [1.165, 1.54) is 44.5 Å². The van der Waals surface area contributed by atoms with Gasteiger partial charge < -0.3 is 0 Å². The summed E-state index contributed by atoms with van der Waals surface area (Å²) in [5.41, 5.74) is 13.3. The van der Waals surface area contributed by atoms with E-state index in [1.807, 2.05) is 18.2 Å². The molecule has 0 bridgehead atoms. The van der Waals surface area contributed by atoms with Gasteiger partial charge in [-0.05, 0) is 56.6 Å². The zero-order valence-corrected chi connectivity index (χ0v) is 24.3. The molecule has 3 nitrogen and oxygen atoms in total. The van der Waals surface area contributed by atoms with E-state index in [0.29, 0.717) is 17.5 Å². The average molecular weight is 542 g/mol. The first kappa shape index (κ1) is 24.9. The fourth-order valence-electron chi connectivity index (χ4n) is 7.04. The first-order valence-corrected chi connectivity index (χ1v) is 14.6. The first-order chi connectivity index (χ1) is 20.3. The molecule has 8 rings (SSSR count). The van der Waals surface area contributed by atoms with Crippen molar-refractivity contribution in [2.24, 2.45) is 0 Å². The molecule has 6 aromatic rings. The van der Waals surface area contributed by atoms with Crippen molar-refractivity contribution in [3.8, 4) is 56.4 Å². The van der Waals surface area contributed by atoms with Crippen molar-refractivity contribution >= 4 is 0 Å². The molecule has 2 aliphatic carbocycles. The minimum absolute atomic E-state index is 0.0966. The molecule has 0 unspecified atom stereocenters. The lowest BCUT2D eigenvalue weighted by molar-refractivity contribution is 0.660. The highest BCUT2D eigenvalue weighted by molar-refractivity contribution is 5.84. The molecule has 42 heavy (non-hydrogen) atoms. The number of rotatable bonds is 3. The predicted molar refractivity (Wildman–Crippen MR) is 171 cm³/mol. The summed E-state index contributed by atoms with van der Waals surface area (Å²) in [7, 11) is 0. The van der Waals surface area contributed by atoms with Gasteiger partial charge >= 0.3 is 0 Å². The Morgan fingerprint density at radius 2 is 0.738 bits per heavy atom. The van der Waals surface area contributed by atoms with Crippen molar-refractivity contribution < 1.29 is 0 Å². The summed E-state index contributed by atoms with van der Waals surface area (Å²) in [6, 6.07) is 41.0. The number of nitrogens with zero attached hydrogens (tertiary/aromatic N) is 3. The van der Waals surface area contributed by atoms with E-state index in [2.05, 4.69) is 125 Å². The highest BCUT2D eigenvalue weighted by Gasteiger charge is 2.36. The van der Waals surface area contributed by atoms with Crippen molar-refractivity contribution in [1.29, 1.82) is 0 Å². The fourth-order valence-corrected chi connectivity index (χ4v) is 7.04. The lowest BCUT2D eigenvalue weighted by atomic mass is 9.82. The number of hydrogen-bond donors (Lipinski definition) is 0. The third-order valence-corrected chi connectivity index (χ3v) is 9.35. The van der Waals surface area contributed by atoms with E-state index in [1.54, 1.807) is 0 Å². The normalized spacial score (nSPS) is 15.0. The maximum absolute atomic E-state index is 5.12. The van der Waals surface area contributed by atoms with Crippen LogP contribution in [-0.2, 0) is 10.8 Å². The van der Waals surface area contributed by atoms with Crippen LogP contribution < -0.4 is 0 Å². The number of benzene rings is 5. The first-order valence-electron chi connectivity index (χ1n) is 14.6.